The maximum Gasteiger partial charge on any atom is 0.318 e. The number of rotatable bonds is 8. The standard InChI is InChI=1S/C14H19N2O4/c1-19-9-2-10-20-12-6-3-11(4-7-12)5-8-13(17)16-14(15)18/h3-4,6-8H,2,5,9-10H2,1H3,(H3,15,16,17,18). The average Bonchev–Trinajstić information content (AvgIpc) is 2.42. The Morgan fingerprint density at radius 3 is 2.55 bits per heavy atom. The smallest absolute Gasteiger partial charge is 0.318 e. The minimum Gasteiger partial charge on any atom is -0.494 e. The first-order valence-electron chi connectivity index (χ1n) is 6.26. The van der Waals surface area contributed by atoms with E-state index in [9.17, 15) is 9.59 Å². The molecule has 0 bridgehead atoms. The Morgan fingerprint density at radius 2 is 1.95 bits per heavy atom. The molecule has 1 aromatic carbocycles. The van der Waals surface area contributed by atoms with Gasteiger partial charge in [0.15, 0.2) is 0 Å². The molecule has 0 saturated carbocycles. The fourth-order valence-electron chi connectivity index (χ4n) is 1.50. The Morgan fingerprint density at radius 1 is 1.25 bits per heavy atom. The van der Waals surface area contributed by atoms with Crippen LogP contribution >= 0.6 is 0 Å². The minimum absolute atomic E-state index is 0.420. The molecule has 0 aliphatic rings. The van der Waals surface area contributed by atoms with Gasteiger partial charge in [0.2, 0.25) is 5.91 Å². The number of carbonyl (C=O) groups is 2. The molecule has 0 aliphatic heterocycles. The zero-order chi connectivity index (χ0) is 14.8. The van der Waals surface area contributed by atoms with Crippen molar-refractivity contribution in [2.45, 2.75) is 12.8 Å². The van der Waals surface area contributed by atoms with E-state index in [0.717, 1.165) is 17.7 Å². The molecule has 3 amide bonds. The highest BCUT2D eigenvalue weighted by Crippen LogP contribution is 2.13. The molecule has 1 aromatic rings. The molecule has 109 valence electrons. The lowest BCUT2D eigenvalue weighted by Crippen LogP contribution is -2.35. The molecule has 0 atom stereocenters. The molecule has 0 saturated heterocycles. The quantitative estimate of drug-likeness (QED) is 0.696. The van der Waals surface area contributed by atoms with Crippen molar-refractivity contribution in [3.63, 3.8) is 0 Å². The van der Waals surface area contributed by atoms with Crippen LogP contribution in [-0.4, -0.2) is 32.3 Å². The molecule has 1 radical (unpaired) electrons. The number of urea groups is 1. The van der Waals surface area contributed by atoms with E-state index in [2.05, 4.69) is 0 Å². The van der Waals surface area contributed by atoms with Crippen molar-refractivity contribution in [2.75, 3.05) is 20.3 Å². The summed E-state index contributed by atoms with van der Waals surface area (Å²) in [6.45, 7) is 1.27. The van der Waals surface area contributed by atoms with Crippen molar-refractivity contribution in [1.82, 2.24) is 5.32 Å². The van der Waals surface area contributed by atoms with Crippen molar-refractivity contribution in [2.24, 2.45) is 5.73 Å². The third-order valence-corrected chi connectivity index (χ3v) is 2.45. The van der Waals surface area contributed by atoms with Gasteiger partial charge in [0, 0.05) is 20.1 Å². The Bertz CT molecular complexity index is 431. The Labute approximate surface area is 118 Å². The number of hydrogen-bond acceptors (Lipinski definition) is 4. The molecule has 0 spiro atoms. The fraction of sp³-hybridized carbons (Fsp3) is 0.357. The third kappa shape index (κ3) is 6.75. The Kier molecular flexibility index (Phi) is 7.13. The third-order valence-electron chi connectivity index (χ3n) is 2.45. The fourth-order valence-corrected chi connectivity index (χ4v) is 1.50. The van der Waals surface area contributed by atoms with Gasteiger partial charge < -0.3 is 15.2 Å². The van der Waals surface area contributed by atoms with Crippen LogP contribution in [0.2, 0.25) is 0 Å². The van der Waals surface area contributed by atoms with Gasteiger partial charge in [0.1, 0.15) is 5.75 Å². The number of carbonyl (C=O) groups excluding carboxylic acids is 2. The van der Waals surface area contributed by atoms with E-state index < -0.39 is 11.9 Å². The lowest BCUT2D eigenvalue weighted by Gasteiger charge is -2.07. The number of ether oxygens (including phenoxy) is 2. The van der Waals surface area contributed by atoms with Gasteiger partial charge in [-0.3, -0.25) is 10.1 Å². The summed E-state index contributed by atoms with van der Waals surface area (Å²) >= 11 is 0. The molecule has 6 nitrogen and oxygen atoms in total. The monoisotopic (exact) mass is 279 g/mol. The number of amides is 3. The number of nitrogens with two attached hydrogens (primary N) is 1. The van der Waals surface area contributed by atoms with Crippen LogP contribution in [0.5, 0.6) is 5.75 Å². The number of imide groups is 1. The summed E-state index contributed by atoms with van der Waals surface area (Å²) in [5.41, 5.74) is 5.77. The highest BCUT2D eigenvalue weighted by Gasteiger charge is 2.05. The second kappa shape index (κ2) is 8.92. The van der Waals surface area contributed by atoms with Crippen molar-refractivity contribution in [1.29, 1.82) is 0 Å². The first-order valence-corrected chi connectivity index (χ1v) is 6.26. The van der Waals surface area contributed by atoms with Crippen LogP contribution in [0.25, 0.3) is 0 Å². The summed E-state index contributed by atoms with van der Waals surface area (Å²) in [5, 5.41) is 1.97. The normalized spacial score (nSPS) is 10.1. The Balaban J connectivity index is 2.31. The van der Waals surface area contributed by atoms with Crippen LogP contribution in [0.15, 0.2) is 24.3 Å². The molecule has 1 rings (SSSR count). The average molecular weight is 279 g/mol. The summed E-state index contributed by atoms with van der Waals surface area (Å²) in [4.78, 5) is 21.7. The number of nitrogens with one attached hydrogen (secondary N) is 1. The van der Waals surface area contributed by atoms with E-state index in [4.69, 9.17) is 15.2 Å². The van der Waals surface area contributed by atoms with Crippen LogP contribution in [0, 0.1) is 6.42 Å². The largest absolute Gasteiger partial charge is 0.494 e. The molecule has 0 aliphatic carbocycles. The summed E-state index contributed by atoms with van der Waals surface area (Å²) in [6, 6.07) is 6.54. The van der Waals surface area contributed by atoms with E-state index in [1.165, 1.54) is 6.42 Å². The molecule has 0 unspecified atom stereocenters. The van der Waals surface area contributed by atoms with Crippen LogP contribution in [0.3, 0.4) is 0 Å². The van der Waals surface area contributed by atoms with Gasteiger partial charge in [-0.15, -0.1) is 0 Å². The second-order valence-electron chi connectivity index (χ2n) is 4.10. The molecular formula is C14H19N2O4. The van der Waals surface area contributed by atoms with Crippen LogP contribution in [-0.2, 0) is 16.0 Å². The van der Waals surface area contributed by atoms with Gasteiger partial charge in [-0.2, -0.15) is 0 Å². The predicted octanol–water partition coefficient (Wildman–Crippen LogP) is 1.04. The molecule has 0 fully saturated rings. The zero-order valence-electron chi connectivity index (χ0n) is 11.4. The SMILES string of the molecule is COCCCOc1ccc(C[CH]C(=O)NC(N)=O)cc1. The van der Waals surface area contributed by atoms with Crippen molar-refractivity contribution in [3.8, 4) is 5.75 Å². The van der Waals surface area contributed by atoms with Crippen LogP contribution in [0.4, 0.5) is 4.79 Å². The summed E-state index contributed by atoms with van der Waals surface area (Å²) in [5.74, 6) is 0.267. The number of methoxy groups -OCH3 is 1. The van der Waals surface area contributed by atoms with Crippen molar-refractivity contribution in [3.05, 3.63) is 36.2 Å². The zero-order valence-corrected chi connectivity index (χ0v) is 11.4. The molecule has 0 heterocycles. The molecular weight excluding hydrogens is 260 g/mol. The van der Waals surface area contributed by atoms with E-state index in [1.54, 1.807) is 7.11 Å². The maximum atomic E-state index is 11.2. The van der Waals surface area contributed by atoms with E-state index in [-0.39, 0.29) is 0 Å². The first kappa shape index (κ1) is 16.0. The summed E-state index contributed by atoms with van der Waals surface area (Å²) in [6.07, 6.45) is 2.61. The highest BCUT2D eigenvalue weighted by atomic mass is 16.5. The molecule has 0 aromatic heterocycles. The van der Waals surface area contributed by atoms with Crippen LogP contribution in [0.1, 0.15) is 12.0 Å². The minimum atomic E-state index is -0.856. The van der Waals surface area contributed by atoms with E-state index in [0.29, 0.717) is 19.6 Å². The topological polar surface area (TPSA) is 90.7 Å². The summed E-state index contributed by atoms with van der Waals surface area (Å²) < 4.78 is 10.4. The van der Waals surface area contributed by atoms with Crippen molar-refractivity contribution < 1.29 is 19.1 Å². The van der Waals surface area contributed by atoms with Gasteiger partial charge in [-0.05, 0) is 24.1 Å². The van der Waals surface area contributed by atoms with Crippen molar-refractivity contribution >= 4 is 11.9 Å². The molecule has 3 N–H and O–H groups in total. The first-order chi connectivity index (χ1) is 9.61. The van der Waals surface area contributed by atoms with Gasteiger partial charge in [-0.1, -0.05) is 12.1 Å². The predicted molar refractivity (Wildman–Crippen MR) is 74.2 cm³/mol. The lowest BCUT2D eigenvalue weighted by atomic mass is 10.1. The van der Waals surface area contributed by atoms with Crippen LogP contribution < -0.4 is 15.8 Å². The Hall–Kier alpha value is -2.08. The summed E-state index contributed by atoms with van der Waals surface area (Å²) in [7, 11) is 1.65. The van der Waals surface area contributed by atoms with Gasteiger partial charge >= 0.3 is 6.03 Å². The van der Waals surface area contributed by atoms with Gasteiger partial charge in [0.05, 0.1) is 13.0 Å². The number of benzene rings is 1. The van der Waals surface area contributed by atoms with E-state index in [1.807, 2.05) is 29.6 Å². The lowest BCUT2D eigenvalue weighted by molar-refractivity contribution is -0.116. The molecule has 6 heteroatoms. The van der Waals surface area contributed by atoms with E-state index >= 15 is 0 Å². The highest BCUT2D eigenvalue weighted by molar-refractivity contribution is 5.98. The van der Waals surface area contributed by atoms with Gasteiger partial charge in [-0.25, -0.2) is 4.79 Å². The van der Waals surface area contributed by atoms with Gasteiger partial charge in [0.25, 0.3) is 0 Å². The maximum absolute atomic E-state index is 11.2. The number of primary amides is 1. The second-order valence-corrected chi connectivity index (χ2v) is 4.10. The number of hydrogen-bond donors (Lipinski definition) is 2. The molecule has 20 heavy (non-hydrogen) atoms.